The normalized spacial score (nSPS) is 21.2. The van der Waals surface area contributed by atoms with Crippen molar-refractivity contribution in [2.24, 2.45) is 0 Å². The number of ether oxygens (including phenoxy) is 1. The zero-order chi connectivity index (χ0) is 24.0. The van der Waals surface area contributed by atoms with Crippen molar-refractivity contribution in [3.8, 4) is 0 Å². The maximum atomic E-state index is 13.3. The number of amides is 2. The van der Waals surface area contributed by atoms with Crippen molar-refractivity contribution < 1.29 is 24.5 Å². The molecule has 1 aromatic rings. The number of aromatic nitrogens is 1. The Kier molecular flexibility index (Phi) is 8.59. The van der Waals surface area contributed by atoms with Gasteiger partial charge >= 0.3 is 6.09 Å². The maximum Gasteiger partial charge on any atom is 0.404 e. The molecule has 33 heavy (non-hydrogen) atoms. The van der Waals surface area contributed by atoms with Gasteiger partial charge in [-0.25, -0.2) is 9.78 Å². The van der Waals surface area contributed by atoms with E-state index in [9.17, 15) is 14.7 Å². The predicted octanol–water partition coefficient (Wildman–Crippen LogP) is 0.556. The number of morpholine rings is 1. The highest BCUT2D eigenvalue weighted by Gasteiger charge is 2.41. The van der Waals surface area contributed by atoms with E-state index in [1.54, 1.807) is 4.90 Å². The van der Waals surface area contributed by atoms with Gasteiger partial charge in [0.05, 0.1) is 31.0 Å². The largest absolute Gasteiger partial charge is 0.465 e. The fourth-order valence-corrected chi connectivity index (χ4v) is 3.87. The molecule has 182 valence electrons. The molecule has 1 aliphatic heterocycles. The van der Waals surface area contributed by atoms with Gasteiger partial charge in [-0.3, -0.25) is 4.79 Å². The third-order valence-electron chi connectivity index (χ3n) is 5.86. The average molecular weight is 463 g/mol. The quantitative estimate of drug-likeness (QED) is 0.205. The number of aryl methyl sites for hydroxylation is 1. The average Bonchev–Trinajstić information content (AvgIpc) is 3.63. The minimum absolute atomic E-state index is 0.0448. The lowest BCUT2D eigenvalue weighted by Gasteiger charge is -2.36. The second-order valence-electron chi connectivity index (χ2n) is 8.54. The number of nitrogens with one attached hydrogen (secondary N) is 4. The Morgan fingerprint density at radius 3 is 2.73 bits per heavy atom. The monoisotopic (exact) mass is 462 g/mol. The summed E-state index contributed by atoms with van der Waals surface area (Å²) in [5.74, 6) is 0.403. The maximum absolute atomic E-state index is 13.3. The molecule has 11 nitrogen and oxygen atoms in total. The van der Waals surface area contributed by atoms with Gasteiger partial charge in [-0.1, -0.05) is 0 Å². The molecule has 2 aliphatic rings. The number of hydrogen-bond acceptors (Lipinski definition) is 8. The first kappa shape index (κ1) is 24.9. The minimum atomic E-state index is -1.06. The van der Waals surface area contributed by atoms with E-state index in [0.29, 0.717) is 37.4 Å². The summed E-state index contributed by atoms with van der Waals surface area (Å²) in [6.07, 6.45) is 0.665. The SMILES string of the molecule is Cc1ccc(C(=N)[C@@H](C)N(C(=O)[C@H]2CN[C@@H](CO)CO2)C2CC2)c(NCCCNC(=O)O)n1. The molecule has 1 aliphatic carbocycles. The number of carbonyl (C=O) groups excluding carboxylic acids is 1. The highest BCUT2D eigenvalue weighted by molar-refractivity contribution is 6.07. The molecule has 2 fully saturated rings. The number of anilines is 1. The Balaban J connectivity index is 1.69. The number of rotatable bonds is 11. The van der Waals surface area contributed by atoms with E-state index in [2.05, 4.69) is 20.9 Å². The highest BCUT2D eigenvalue weighted by Crippen LogP contribution is 2.31. The van der Waals surface area contributed by atoms with Crippen LogP contribution in [0.4, 0.5) is 10.6 Å². The summed E-state index contributed by atoms with van der Waals surface area (Å²) in [7, 11) is 0. The number of carbonyl (C=O) groups is 2. The van der Waals surface area contributed by atoms with Crippen LogP contribution in [0.2, 0.25) is 0 Å². The lowest BCUT2D eigenvalue weighted by Crippen LogP contribution is -2.57. The van der Waals surface area contributed by atoms with Crippen LogP contribution in [0.25, 0.3) is 0 Å². The van der Waals surface area contributed by atoms with Crippen molar-refractivity contribution in [1.82, 2.24) is 20.5 Å². The van der Waals surface area contributed by atoms with Gasteiger partial charge in [0.2, 0.25) is 0 Å². The van der Waals surface area contributed by atoms with Crippen LogP contribution >= 0.6 is 0 Å². The van der Waals surface area contributed by atoms with Crippen LogP contribution in [0.1, 0.15) is 37.4 Å². The molecule has 0 spiro atoms. The van der Waals surface area contributed by atoms with Gasteiger partial charge in [0.1, 0.15) is 11.9 Å². The molecule has 0 unspecified atom stereocenters. The van der Waals surface area contributed by atoms with Gasteiger partial charge in [0.15, 0.2) is 0 Å². The van der Waals surface area contributed by atoms with Gasteiger partial charge < -0.3 is 41.2 Å². The van der Waals surface area contributed by atoms with Crippen LogP contribution < -0.4 is 16.0 Å². The second-order valence-corrected chi connectivity index (χ2v) is 8.54. The predicted molar refractivity (Wildman–Crippen MR) is 123 cm³/mol. The number of carboxylic acid groups (broad SMARTS) is 1. The summed E-state index contributed by atoms with van der Waals surface area (Å²) in [6, 6.07) is 3.11. The fraction of sp³-hybridized carbons (Fsp3) is 0.636. The molecule has 0 aromatic carbocycles. The number of pyridine rings is 1. The molecule has 3 atom stereocenters. The Bertz CT molecular complexity index is 854. The summed E-state index contributed by atoms with van der Waals surface area (Å²) in [4.78, 5) is 30.2. The third-order valence-corrected chi connectivity index (χ3v) is 5.86. The lowest BCUT2D eigenvalue weighted by molar-refractivity contribution is -0.148. The van der Waals surface area contributed by atoms with Gasteiger partial charge in [0.25, 0.3) is 5.91 Å². The van der Waals surface area contributed by atoms with Crippen molar-refractivity contribution in [3.63, 3.8) is 0 Å². The van der Waals surface area contributed by atoms with Crippen LogP contribution in [0.3, 0.4) is 0 Å². The number of hydrogen-bond donors (Lipinski definition) is 6. The van der Waals surface area contributed by atoms with E-state index in [1.807, 2.05) is 26.0 Å². The third kappa shape index (κ3) is 6.62. The molecule has 2 heterocycles. The van der Waals surface area contributed by atoms with E-state index >= 15 is 0 Å². The Hall–Kier alpha value is -2.76. The minimum Gasteiger partial charge on any atom is -0.465 e. The lowest BCUT2D eigenvalue weighted by atomic mass is 10.0. The van der Waals surface area contributed by atoms with Crippen LogP contribution in [-0.4, -0.2) is 94.9 Å². The fourth-order valence-electron chi connectivity index (χ4n) is 3.87. The van der Waals surface area contributed by atoms with Crippen LogP contribution in [-0.2, 0) is 9.53 Å². The first-order valence-corrected chi connectivity index (χ1v) is 11.4. The summed E-state index contributed by atoms with van der Waals surface area (Å²) in [6.45, 7) is 5.07. The Morgan fingerprint density at radius 1 is 1.36 bits per heavy atom. The van der Waals surface area contributed by atoms with Crippen LogP contribution in [0, 0.1) is 12.3 Å². The molecule has 1 saturated heterocycles. The molecular weight excluding hydrogens is 428 g/mol. The molecule has 11 heteroatoms. The van der Waals surface area contributed by atoms with Gasteiger partial charge in [0, 0.05) is 36.9 Å². The van der Waals surface area contributed by atoms with Gasteiger partial charge in [-0.15, -0.1) is 0 Å². The summed E-state index contributed by atoms with van der Waals surface area (Å²) in [5, 5.41) is 35.5. The molecule has 2 amide bonds. The smallest absolute Gasteiger partial charge is 0.404 e. The topological polar surface area (TPSA) is 160 Å². The standard InChI is InChI=1S/C22H34N6O5/c1-13-4-7-17(20(27-13)24-8-3-9-25-22(31)32)19(23)14(2)28(16-5-6-16)21(30)18-10-26-15(11-29)12-33-18/h4,7,14-16,18,23,25-26,29H,3,5-6,8-12H2,1-2H3,(H,24,27)(H,31,32)/t14-,15+,18-/m1/s1. The Labute approximate surface area is 193 Å². The van der Waals surface area contributed by atoms with E-state index in [4.69, 9.17) is 15.3 Å². The first-order chi connectivity index (χ1) is 15.8. The van der Waals surface area contributed by atoms with Crippen LogP contribution in [0.15, 0.2) is 12.1 Å². The molecule has 6 N–H and O–H groups in total. The number of nitrogens with zero attached hydrogens (tertiary/aromatic N) is 2. The van der Waals surface area contributed by atoms with Crippen molar-refractivity contribution in [3.05, 3.63) is 23.4 Å². The highest BCUT2D eigenvalue weighted by atomic mass is 16.5. The summed E-state index contributed by atoms with van der Waals surface area (Å²) >= 11 is 0. The van der Waals surface area contributed by atoms with Crippen molar-refractivity contribution >= 4 is 23.5 Å². The summed E-state index contributed by atoms with van der Waals surface area (Å²) < 4.78 is 5.71. The van der Waals surface area contributed by atoms with E-state index in [0.717, 1.165) is 18.5 Å². The van der Waals surface area contributed by atoms with E-state index in [-0.39, 0.29) is 36.9 Å². The zero-order valence-corrected chi connectivity index (χ0v) is 19.1. The molecule has 3 rings (SSSR count). The van der Waals surface area contributed by atoms with E-state index < -0.39 is 18.2 Å². The van der Waals surface area contributed by atoms with Gasteiger partial charge in [-0.05, 0) is 45.2 Å². The Morgan fingerprint density at radius 2 is 2.12 bits per heavy atom. The van der Waals surface area contributed by atoms with Crippen LogP contribution in [0.5, 0.6) is 0 Å². The zero-order valence-electron chi connectivity index (χ0n) is 19.1. The number of aliphatic hydroxyl groups is 1. The first-order valence-electron chi connectivity index (χ1n) is 11.4. The second kappa shape index (κ2) is 11.4. The van der Waals surface area contributed by atoms with Crippen molar-refractivity contribution in [1.29, 1.82) is 5.41 Å². The van der Waals surface area contributed by atoms with Crippen molar-refractivity contribution in [2.45, 2.75) is 57.3 Å². The molecule has 0 bridgehead atoms. The van der Waals surface area contributed by atoms with Gasteiger partial charge in [-0.2, -0.15) is 0 Å². The molecular formula is C22H34N6O5. The molecule has 1 saturated carbocycles. The molecule has 1 aromatic heterocycles. The molecule has 0 radical (unpaired) electrons. The van der Waals surface area contributed by atoms with Crippen molar-refractivity contribution in [2.75, 3.05) is 38.2 Å². The number of aliphatic hydroxyl groups excluding tert-OH is 1. The van der Waals surface area contributed by atoms with E-state index in [1.165, 1.54) is 0 Å². The summed E-state index contributed by atoms with van der Waals surface area (Å²) in [5.41, 5.74) is 1.69.